The van der Waals surface area contributed by atoms with Crippen LogP contribution in [0, 0.1) is 5.92 Å². The zero-order valence-electron chi connectivity index (χ0n) is 12.1. The Bertz CT molecular complexity index is 507. The van der Waals surface area contributed by atoms with Crippen LogP contribution in [0.4, 0.5) is 0 Å². The van der Waals surface area contributed by atoms with Crippen LogP contribution in [0.15, 0.2) is 24.3 Å². The van der Waals surface area contributed by atoms with Gasteiger partial charge in [0.1, 0.15) is 4.99 Å². The molecular formula is C16H22N2OS. The summed E-state index contributed by atoms with van der Waals surface area (Å²) in [5, 5.41) is 0. The predicted octanol–water partition coefficient (Wildman–Crippen LogP) is 2.97. The van der Waals surface area contributed by atoms with E-state index in [4.69, 9.17) is 18.0 Å². The van der Waals surface area contributed by atoms with Crippen LogP contribution in [0.25, 0.3) is 0 Å². The normalized spacial score (nSPS) is 22.3. The minimum atomic E-state index is 0.0580. The van der Waals surface area contributed by atoms with Crippen LogP contribution in [0.2, 0.25) is 0 Å². The molecule has 1 aliphatic carbocycles. The molecule has 0 bridgehead atoms. The average Bonchev–Trinajstić information content (AvgIpc) is 2.46. The number of carbonyl (C=O) groups is 1. The second kappa shape index (κ2) is 6.35. The van der Waals surface area contributed by atoms with Crippen molar-refractivity contribution in [1.82, 2.24) is 4.90 Å². The minimum absolute atomic E-state index is 0.0580. The topological polar surface area (TPSA) is 46.3 Å². The van der Waals surface area contributed by atoms with Gasteiger partial charge in [-0.3, -0.25) is 4.79 Å². The van der Waals surface area contributed by atoms with Crippen LogP contribution in [0.1, 0.15) is 48.5 Å². The van der Waals surface area contributed by atoms with Gasteiger partial charge in [0.15, 0.2) is 0 Å². The Morgan fingerprint density at radius 3 is 2.45 bits per heavy atom. The Kier molecular flexibility index (Phi) is 4.76. The van der Waals surface area contributed by atoms with Gasteiger partial charge in [0.2, 0.25) is 0 Å². The van der Waals surface area contributed by atoms with Crippen LogP contribution in [0.3, 0.4) is 0 Å². The number of nitrogens with two attached hydrogens (primary N) is 1. The van der Waals surface area contributed by atoms with E-state index in [2.05, 4.69) is 6.92 Å². The molecule has 0 saturated heterocycles. The van der Waals surface area contributed by atoms with Crippen molar-refractivity contribution in [3.63, 3.8) is 0 Å². The minimum Gasteiger partial charge on any atom is -0.389 e. The molecule has 0 radical (unpaired) electrons. The third-order valence-corrected chi connectivity index (χ3v) is 4.48. The second-order valence-electron chi connectivity index (χ2n) is 5.77. The van der Waals surface area contributed by atoms with Gasteiger partial charge in [-0.05, 0) is 43.7 Å². The molecule has 1 aromatic rings. The van der Waals surface area contributed by atoms with Crippen molar-refractivity contribution >= 4 is 23.1 Å². The molecule has 4 heteroatoms. The summed E-state index contributed by atoms with van der Waals surface area (Å²) in [5.74, 6) is 0.843. The van der Waals surface area contributed by atoms with Crippen LogP contribution < -0.4 is 5.73 Å². The highest BCUT2D eigenvalue weighted by molar-refractivity contribution is 7.80. The maximum atomic E-state index is 12.5. The van der Waals surface area contributed by atoms with E-state index in [-0.39, 0.29) is 5.91 Å². The van der Waals surface area contributed by atoms with E-state index in [0.717, 1.165) is 24.3 Å². The Morgan fingerprint density at radius 2 is 1.85 bits per heavy atom. The zero-order valence-corrected chi connectivity index (χ0v) is 13.0. The fourth-order valence-corrected chi connectivity index (χ4v) is 2.93. The summed E-state index contributed by atoms with van der Waals surface area (Å²) < 4.78 is 0. The first kappa shape index (κ1) is 15.0. The third kappa shape index (κ3) is 3.37. The number of amides is 1. The number of nitrogens with zero attached hydrogens (tertiary/aromatic N) is 1. The van der Waals surface area contributed by atoms with Gasteiger partial charge < -0.3 is 10.6 Å². The molecule has 1 aromatic carbocycles. The summed E-state index contributed by atoms with van der Waals surface area (Å²) in [4.78, 5) is 14.7. The van der Waals surface area contributed by atoms with E-state index >= 15 is 0 Å². The van der Waals surface area contributed by atoms with Gasteiger partial charge >= 0.3 is 0 Å². The number of benzene rings is 1. The molecule has 1 amide bonds. The molecule has 2 rings (SSSR count). The predicted molar refractivity (Wildman–Crippen MR) is 85.8 cm³/mol. The summed E-state index contributed by atoms with van der Waals surface area (Å²) in [7, 11) is 1.90. The second-order valence-corrected chi connectivity index (χ2v) is 6.21. The van der Waals surface area contributed by atoms with Gasteiger partial charge in [-0.15, -0.1) is 0 Å². The van der Waals surface area contributed by atoms with E-state index in [9.17, 15) is 4.79 Å². The number of rotatable bonds is 3. The largest absolute Gasteiger partial charge is 0.389 e. The monoisotopic (exact) mass is 290 g/mol. The fraction of sp³-hybridized carbons (Fsp3) is 0.500. The number of carbonyl (C=O) groups excluding carboxylic acids is 1. The third-order valence-electron chi connectivity index (χ3n) is 4.25. The number of thiocarbonyl (C=S) groups is 1. The molecule has 2 N–H and O–H groups in total. The van der Waals surface area contributed by atoms with Crippen LogP contribution in [-0.4, -0.2) is 28.9 Å². The van der Waals surface area contributed by atoms with Gasteiger partial charge in [0.05, 0.1) is 0 Å². The average molecular weight is 290 g/mol. The van der Waals surface area contributed by atoms with Crippen molar-refractivity contribution in [3.8, 4) is 0 Å². The van der Waals surface area contributed by atoms with Gasteiger partial charge in [0.25, 0.3) is 5.91 Å². The number of hydrogen-bond donors (Lipinski definition) is 1. The molecule has 0 aromatic heterocycles. The molecule has 0 heterocycles. The maximum Gasteiger partial charge on any atom is 0.253 e. The fourth-order valence-electron chi connectivity index (χ4n) is 2.80. The lowest BCUT2D eigenvalue weighted by atomic mass is 9.86. The molecule has 20 heavy (non-hydrogen) atoms. The zero-order chi connectivity index (χ0) is 14.7. The smallest absolute Gasteiger partial charge is 0.253 e. The highest BCUT2D eigenvalue weighted by Gasteiger charge is 2.25. The van der Waals surface area contributed by atoms with Crippen molar-refractivity contribution in [2.24, 2.45) is 11.7 Å². The van der Waals surface area contributed by atoms with Crippen molar-refractivity contribution < 1.29 is 4.79 Å². The van der Waals surface area contributed by atoms with Crippen LogP contribution in [0.5, 0.6) is 0 Å². The first-order valence-electron chi connectivity index (χ1n) is 7.16. The Morgan fingerprint density at radius 1 is 1.25 bits per heavy atom. The van der Waals surface area contributed by atoms with E-state index in [0.29, 0.717) is 16.6 Å². The lowest BCUT2D eigenvalue weighted by Crippen LogP contribution is -2.39. The summed E-state index contributed by atoms with van der Waals surface area (Å²) in [5.41, 5.74) is 7.03. The lowest BCUT2D eigenvalue weighted by molar-refractivity contribution is 0.0679. The van der Waals surface area contributed by atoms with E-state index < -0.39 is 0 Å². The SMILES string of the molecule is CC1CCC(N(C)C(=O)c2cccc(C(N)=S)c2)CC1. The van der Waals surface area contributed by atoms with Gasteiger partial charge in [-0.2, -0.15) is 0 Å². The highest BCUT2D eigenvalue weighted by Crippen LogP contribution is 2.27. The Hall–Kier alpha value is -1.42. The first-order chi connectivity index (χ1) is 9.49. The van der Waals surface area contributed by atoms with E-state index in [1.165, 1.54) is 12.8 Å². The van der Waals surface area contributed by atoms with E-state index in [1.807, 2.05) is 30.1 Å². The molecular weight excluding hydrogens is 268 g/mol. The summed E-state index contributed by atoms with van der Waals surface area (Å²) >= 11 is 4.96. The van der Waals surface area contributed by atoms with Crippen molar-refractivity contribution in [3.05, 3.63) is 35.4 Å². The summed E-state index contributed by atoms with van der Waals surface area (Å²) in [6.07, 6.45) is 4.60. The van der Waals surface area contributed by atoms with E-state index in [1.54, 1.807) is 6.07 Å². The molecule has 1 aliphatic rings. The van der Waals surface area contributed by atoms with Gasteiger partial charge in [-0.1, -0.05) is 31.3 Å². The first-order valence-corrected chi connectivity index (χ1v) is 7.57. The molecule has 3 nitrogen and oxygen atoms in total. The van der Waals surface area contributed by atoms with Crippen LogP contribution in [-0.2, 0) is 0 Å². The number of hydrogen-bond acceptors (Lipinski definition) is 2. The molecule has 0 spiro atoms. The maximum absolute atomic E-state index is 12.5. The van der Waals surface area contributed by atoms with Crippen molar-refractivity contribution in [2.75, 3.05) is 7.05 Å². The standard InChI is InChI=1S/C16H22N2OS/c1-11-6-8-14(9-7-11)18(2)16(19)13-5-3-4-12(10-13)15(17)20/h3-5,10-11,14H,6-9H2,1-2H3,(H2,17,20). The van der Waals surface area contributed by atoms with Gasteiger partial charge in [-0.25, -0.2) is 0 Å². The Balaban J connectivity index is 2.10. The molecule has 0 aliphatic heterocycles. The lowest BCUT2D eigenvalue weighted by Gasteiger charge is -2.33. The quantitative estimate of drug-likeness (QED) is 0.871. The summed E-state index contributed by atoms with van der Waals surface area (Å²) in [6.45, 7) is 2.28. The van der Waals surface area contributed by atoms with Gasteiger partial charge in [0, 0.05) is 24.2 Å². The Labute approximate surface area is 126 Å². The summed E-state index contributed by atoms with van der Waals surface area (Å²) in [6, 6.07) is 7.63. The molecule has 1 fully saturated rings. The molecule has 108 valence electrons. The van der Waals surface area contributed by atoms with Crippen molar-refractivity contribution in [2.45, 2.75) is 38.6 Å². The van der Waals surface area contributed by atoms with Crippen LogP contribution >= 0.6 is 12.2 Å². The van der Waals surface area contributed by atoms with Crippen molar-refractivity contribution in [1.29, 1.82) is 0 Å². The molecule has 0 unspecified atom stereocenters. The highest BCUT2D eigenvalue weighted by atomic mass is 32.1. The molecule has 1 saturated carbocycles. The molecule has 0 atom stereocenters.